The SMILES string of the molecule is CC(C)N(CCNC(=O)CC1CCCNC1)C(C)C. The van der Waals surface area contributed by atoms with Gasteiger partial charge in [0.1, 0.15) is 0 Å². The fourth-order valence-electron chi connectivity index (χ4n) is 2.87. The first kappa shape index (κ1) is 16.4. The van der Waals surface area contributed by atoms with Crippen LogP contribution in [0.1, 0.15) is 47.0 Å². The van der Waals surface area contributed by atoms with E-state index in [0.29, 0.717) is 24.4 Å². The Morgan fingerprint density at radius 1 is 1.32 bits per heavy atom. The molecule has 4 heteroatoms. The van der Waals surface area contributed by atoms with E-state index in [1.54, 1.807) is 0 Å². The van der Waals surface area contributed by atoms with E-state index in [9.17, 15) is 4.79 Å². The number of nitrogens with zero attached hydrogens (tertiary/aromatic N) is 1. The van der Waals surface area contributed by atoms with Crippen LogP contribution >= 0.6 is 0 Å². The van der Waals surface area contributed by atoms with Crippen LogP contribution in [0.4, 0.5) is 0 Å². The summed E-state index contributed by atoms with van der Waals surface area (Å²) in [5, 5.41) is 6.42. The average molecular weight is 269 g/mol. The van der Waals surface area contributed by atoms with E-state index < -0.39 is 0 Å². The number of nitrogens with one attached hydrogen (secondary N) is 2. The third kappa shape index (κ3) is 6.39. The van der Waals surface area contributed by atoms with Crippen molar-refractivity contribution in [1.29, 1.82) is 0 Å². The molecule has 1 unspecified atom stereocenters. The van der Waals surface area contributed by atoms with Gasteiger partial charge in [-0.2, -0.15) is 0 Å². The lowest BCUT2D eigenvalue weighted by molar-refractivity contribution is -0.122. The van der Waals surface area contributed by atoms with Crippen molar-refractivity contribution >= 4 is 5.91 Å². The summed E-state index contributed by atoms with van der Waals surface area (Å²) >= 11 is 0. The highest BCUT2D eigenvalue weighted by Gasteiger charge is 2.17. The summed E-state index contributed by atoms with van der Waals surface area (Å²) in [7, 11) is 0. The Morgan fingerprint density at radius 2 is 2.00 bits per heavy atom. The number of piperidine rings is 1. The zero-order chi connectivity index (χ0) is 14.3. The third-order valence-corrected chi connectivity index (χ3v) is 3.89. The van der Waals surface area contributed by atoms with Gasteiger partial charge in [0.05, 0.1) is 0 Å². The maximum absolute atomic E-state index is 11.9. The highest BCUT2D eigenvalue weighted by molar-refractivity contribution is 5.76. The molecular weight excluding hydrogens is 238 g/mol. The van der Waals surface area contributed by atoms with Gasteiger partial charge in [0.25, 0.3) is 0 Å². The first-order valence-electron chi connectivity index (χ1n) is 7.74. The molecule has 1 amide bonds. The minimum atomic E-state index is 0.209. The Labute approximate surface area is 118 Å². The molecule has 112 valence electrons. The number of amides is 1. The number of carbonyl (C=O) groups excluding carboxylic acids is 1. The summed E-state index contributed by atoms with van der Waals surface area (Å²) in [6, 6.07) is 1.05. The minimum Gasteiger partial charge on any atom is -0.355 e. The van der Waals surface area contributed by atoms with E-state index in [-0.39, 0.29) is 5.91 Å². The standard InChI is InChI=1S/C15H31N3O/c1-12(2)18(13(3)4)9-8-17-15(19)10-14-6-5-7-16-11-14/h12-14,16H,5-11H2,1-4H3,(H,17,19). The molecule has 1 aliphatic rings. The molecule has 4 nitrogen and oxygen atoms in total. The van der Waals surface area contributed by atoms with Crippen LogP contribution < -0.4 is 10.6 Å². The summed E-state index contributed by atoms with van der Waals surface area (Å²) in [4.78, 5) is 14.3. The van der Waals surface area contributed by atoms with Crippen LogP contribution in [0.15, 0.2) is 0 Å². The highest BCUT2D eigenvalue weighted by atomic mass is 16.1. The molecule has 0 aliphatic carbocycles. The molecule has 0 aromatic carbocycles. The van der Waals surface area contributed by atoms with Crippen molar-refractivity contribution in [2.75, 3.05) is 26.2 Å². The van der Waals surface area contributed by atoms with E-state index in [1.165, 1.54) is 12.8 Å². The maximum atomic E-state index is 11.9. The first-order chi connectivity index (χ1) is 9.00. The van der Waals surface area contributed by atoms with Crippen molar-refractivity contribution in [2.24, 2.45) is 5.92 Å². The summed E-state index contributed by atoms with van der Waals surface area (Å²) in [6.45, 7) is 12.6. The summed E-state index contributed by atoms with van der Waals surface area (Å²) in [5.74, 6) is 0.737. The van der Waals surface area contributed by atoms with Crippen molar-refractivity contribution in [3.8, 4) is 0 Å². The molecule has 0 spiro atoms. The Morgan fingerprint density at radius 3 is 2.53 bits per heavy atom. The normalized spacial score (nSPS) is 20.3. The molecule has 0 saturated carbocycles. The van der Waals surface area contributed by atoms with Gasteiger partial charge in [-0.3, -0.25) is 9.69 Å². The van der Waals surface area contributed by atoms with Crippen LogP contribution in [0.2, 0.25) is 0 Å². The molecular formula is C15H31N3O. The van der Waals surface area contributed by atoms with Gasteiger partial charge in [0.2, 0.25) is 5.91 Å². The molecule has 0 aromatic rings. The molecule has 1 rings (SSSR count). The van der Waals surface area contributed by atoms with E-state index in [2.05, 4.69) is 43.2 Å². The lowest BCUT2D eigenvalue weighted by Crippen LogP contribution is -2.43. The van der Waals surface area contributed by atoms with Crippen LogP contribution in [0.25, 0.3) is 0 Å². The second-order valence-corrected chi connectivity index (χ2v) is 6.19. The summed E-state index contributed by atoms with van der Waals surface area (Å²) < 4.78 is 0. The quantitative estimate of drug-likeness (QED) is 0.738. The van der Waals surface area contributed by atoms with E-state index >= 15 is 0 Å². The van der Waals surface area contributed by atoms with Gasteiger partial charge < -0.3 is 10.6 Å². The van der Waals surface area contributed by atoms with E-state index in [0.717, 1.165) is 26.2 Å². The van der Waals surface area contributed by atoms with Gasteiger partial charge in [-0.25, -0.2) is 0 Å². The van der Waals surface area contributed by atoms with Crippen LogP contribution in [0, 0.1) is 5.92 Å². The van der Waals surface area contributed by atoms with Gasteiger partial charge in [0.15, 0.2) is 0 Å². The zero-order valence-corrected chi connectivity index (χ0v) is 13.0. The Balaban J connectivity index is 2.18. The van der Waals surface area contributed by atoms with Gasteiger partial charge in [0, 0.05) is 31.6 Å². The molecule has 2 N–H and O–H groups in total. The van der Waals surface area contributed by atoms with Gasteiger partial charge in [-0.1, -0.05) is 0 Å². The second-order valence-electron chi connectivity index (χ2n) is 6.19. The predicted octanol–water partition coefficient (Wildman–Crippen LogP) is 1.61. The van der Waals surface area contributed by atoms with Gasteiger partial charge in [-0.05, 0) is 59.5 Å². The fraction of sp³-hybridized carbons (Fsp3) is 0.933. The predicted molar refractivity (Wildman–Crippen MR) is 80.2 cm³/mol. The topological polar surface area (TPSA) is 44.4 Å². The number of hydrogen-bond acceptors (Lipinski definition) is 3. The van der Waals surface area contributed by atoms with Crippen molar-refractivity contribution < 1.29 is 4.79 Å². The van der Waals surface area contributed by atoms with Gasteiger partial charge in [-0.15, -0.1) is 0 Å². The number of hydrogen-bond donors (Lipinski definition) is 2. The van der Waals surface area contributed by atoms with Crippen LogP contribution in [-0.2, 0) is 4.79 Å². The lowest BCUT2D eigenvalue weighted by atomic mass is 9.96. The Kier molecular flexibility index (Phi) is 7.39. The van der Waals surface area contributed by atoms with Crippen molar-refractivity contribution in [3.05, 3.63) is 0 Å². The first-order valence-corrected chi connectivity index (χ1v) is 7.74. The number of rotatable bonds is 7. The van der Waals surface area contributed by atoms with E-state index in [4.69, 9.17) is 0 Å². The molecule has 1 heterocycles. The smallest absolute Gasteiger partial charge is 0.220 e. The van der Waals surface area contributed by atoms with Crippen molar-refractivity contribution in [2.45, 2.75) is 59.0 Å². The summed E-state index contributed by atoms with van der Waals surface area (Å²) in [6.07, 6.45) is 3.06. The maximum Gasteiger partial charge on any atom is 0.220 e. The second kappa shape index (κ2) is 8.54. The molecule has 19 heavy (non-hydrogen) atoms. The molecule has 1 atom stereocenters. The minimum absolute atomic E-state index is 0.209. The van der Waals surface area contributed by atoms with E-state index in [1.807, 2.05) is 0 Å². The van der Waals surface area contributed by atoms with Crippen LogP contribution in [0.3, 0.4) is 0 Å². The van der Waals surface area contributed by atoms with Gasteiger partial charge >= 0.3 is 0 Å². The fourth-order valence-corrected chi connectivity index (χ4v) is 2.87. The Hall–Kier alpha value is -0.610. The largest absolute Gasteiger partial charge is 0.355 e. The molecule has 1 saturated heterocycles. The molecule has 0 aromatic heterocycles. The summed E-state index contributed by atoms with van der Waals surface area (Å²) in [5.41, 5.74) is 0. The van der Waals surface area contributed by atoms with Crippen molar-refractivity contribution in [1.82, 2.24) is 15.5 Å². The molecule has 1 aliphatic heterocycles. The monoisotopic (exact) mass is 269 g/mol. The molecule has 0 bridgehead atoms. The number of carbonyl (C=O) groups is 1. The average Bonchev–Trinajstić information content (AvgIpc) is 2.34. The Bertz CT molecular complexity index is 252. The third-order valence-electron chi connectivity index (χ3n) is 3.89. The molecule has 0 radical (unpaired) electrons. The lowest BCUT2D eigenvalue weighted by Gasteiger charge is -2.30. The van der Waals surface area contributed by atoms with Crippen LogP contribution in [-0.4, -0.2) is 49.1 Å². The van der Waals surface area contributed by atoms with Crippen LogP contribution in [0.5, 0.6) is 0 Å². The molecule has 1 fully saturated rings. The highest BCUT2D eigenvalue weighted by Crippen LogP contribution is 2.13. The van der Waals surface area contributed by atoms with Crippen molar-refractivity contribution in [3.63, 3.8) is 0 Å². The zero-order valence-electron chi connectivity index (χ0n) is 13.0.